The van der Waals surface area contributed by atoms with Crippen molar-refractivity contribution >= 4 is 11.9 Å². The molecule has 2 saturated carbocycles. The van der Waals surface area contributed by atoms with Crippen LogP contribution in [0.25, 0.3) is 0 Å². The molecule has 2 rings (SSSR count). The monoisotopic (exact) mass is 211 g/mol. The molecule has 0 aliphatic heterocycles. The first-order valence-corrected chi connectivity index (χ1v) is 5.55. The van der Waals surface area contributed by atoms with Crippen molar-refractivity contribution in [2.24, 2.45) is 5.41 Å². The van der Waals surface area contributed by atoms with Gasteiger partial charge in [-0.05, 0) is 25.7 Å². The third kappa shape index (κ3) is 1.73. The molecule has 0 heterocycles. The first-order chi connectivity index (χ1) is 6.99. The summed E-state index contributed by atoms with van der Waals surface area (Å²) >= 11 is 0. The van der Waals surface area contributed by atoms with Crippen LogP contribution < -0.4 is 5.32 Å². The average molecular weight is 211 g/mol. The molecule has 15 heavy (non-hydrogen) atoms. The predicted molar refractivity (Wildman–Crippen MR) is 54.3 cm³/mol. The predicted octanol–water partition coefficient (Wildman–Crippen LogP) is 1.30. The Hall–Kier alpha value is -1.06. The quantitative estimate of drug-likeness (QED) is 0.739. The van der Waals surface area contributed by atoms with Crippen molar-refractivity contribution in [3.63, 3.8) is 0 Å². The molecule has 84 valence electrons. The number of aliphatic carboxylic acids is 1. The Balaban J connectivity index is 2.07. The molecule has 0 aromatic carbocycles. The molecule has 0 saturated heterocycles. The zero-order chi connectivity index (χ0) is 11.1. The highest BCUT2D eigenvalue weighted by atomic mass is 16.4. The molecule has 4 nitrogen and oxygen atoms in total. The van der Waals surface area contributed by atoms with E-state index < -0.39 is 11.5 Å². The van der Waals surface area contributed by atoms with Gasteiger partial charge in [-0.2, -0.15) is 0 Å². The van der Waals surface area contributed by atoms with Crippen molar-refractivity contribution in [3.8, 4) is 0 Å². The maximum absolute atomic E-state index is 11.8. The molecule has 0 aromatic heterocycles. The van der Waals surface area contributed by atoms with E-state index in [0.717, 1.165) is 25.7 Å². The molecule has 2 fully saturated rings. The Labute approximate surface area is 89.0 Å². The molecule has 0 aromatic rings. The molecule has 2 N–H and O–H groups in total. The smallest absolute Gasteiger partial charge is 0.329 e. The molecule has 2 aliphatic carbocycles. The second kappa shape index (κ2) is 3.22. The topological polar surface area (TPSA) is 66.4 Å². The van der Waals surface area contributed by atoms with Gasteiger partial charge in [-0.3, -0.25) is 4.79 Å². The van der Waals surface area contributed by atoms with Crippen LogP contribution in [0.4, 0.5) is 0 Å². The van der Waals surface area contributed by atoms with Gasteiger partial charge in [0.1, 0.15) is 5.54 Å². The normalized spacial score (nSPS) is 25.9. The fourth-order valence-corrected chi connectivity index (χ4v) is 2.15. The van der Waals surface area contributed by atoms with Gasteiger partial charge < -0.3 is 10.4 Å². The first-order valence-electron chi connectivity index (χ1n) is 5.55. The lowest BCUT2D eigenvalue weighted by Crippen LogP contribution is -2.54. The SMILES string of the molecule is CC1(C(=O)NC2(C(=O)O)CCCC2)CC1. The Morgan fingerprint density at radius 2 is 1.67 bits per heavy atom. The second-order valence-electron chi connectivity index (χ2n) is 5.11. The van der Waals surface area contributed by atoms with E-state index >= 15 is 0 Å². The van der Waals surface area contributed by atoms with Gasteiger partial charge in [-0.25, -0.2) is 4.79 Å². The fraction of sp³-hybridized carbons (Fsp3) is 0.818. The maximum atomic E-state index is 11.8. The average Bonchev–Trinajstić information content (AvgIpc) is 2.77. The zero-order valence-corrected chi connectivity index (χ0v) is 9.01. The number of rotatable bonds is 3. The summed E-state index contributed by atoms with van der Waals surface area (Å²) in [6, 6.07) is 0. The molecular weight excluding hydrogens is 194 g/mol. The van der Waals surface area contributed by atoms with Crippen LogP contribution in [0.2, 0.25) is 0 Å². The van der Waals surface area contributed by atoms with Crippen LogP contribution in [-0.2, 0) is 9.59 Å². The van der Waals surface area contributed by atoms with Gasteiger partial charge >= 0.3 is 5.97 Å². The third-order valence-corrected chi connectivity index (χ3v) is 3.77. The Morgan fingerprint density at radius 3 is 2.07 bits per heavy atom. The minimum atomic E-state index is -0.970. The summed E-state index contributed by atoms with van der Waals surface area (Å²) in [5, 5.41) is 11.9. The van der Waals surface area contributed by atoms with Crippen molar-refractivity contribution in [1.82, 2.24) is 5.32 Å². The Morgan fingerprint density at radius 1 is 1.13 bits per heavy atom. The molecular formula is C11H17NO3. The Bertz CT molecular complexity index is 301. The summed E-state index contributed by atoms with van der Waals surface area (Å²) in [6.45, 7) is 1.90. The molecule has 2 aliphatic rings. The van der Waals surface area contributed by atoms with E-state index in [1.807, 2.05) is 6.92 Å². The molecule has 1 amide bonds. The first kappa shape index (κ1) is 10.5. The van der Waals surface area contributed by atoms with Crippen LogP contribution in [0.1, 0.15) is 45.4 Å². The molecule has 0 spiro atoms. The summed E-state index contributed by atoms with van der Waals surface area (Å²) < 4.78 is 0. The van der Waals surface area contributed by atoms with Gasteiger partial charge in [0.05, 0.1) is 0 Å². The van der Waals surface area contributed by atoms with E-state index in [1.54, 1.807) is 0 Å². The molecule has 0 radical (unpaired) electrons. The van der Waals surface area contributed by atoms with Gasteiger partial charge in [0.25, 0.3) is 0 Å². The summed E-state index contributed by atoms with van der Waals surface area (Å²) in [7, 11) is 0. The minimum Gasteiger partial charge on any atom is -0.480 e. The van der Waals surface area contributed by atoms with Crippen molar-refractivity contribution in [2.75, 3.05) is 0 Å². The lowest BCUT2D eigenvalue weighted by Gasteiger charge is -2.27. The number of carbonyl (C=O) groups excluding carboxylic acids is 1. The van der Waals surface area contributed by atoms with Crippen LogP contribution in [0.3, 0.4) is 0 Å². The largest absolute Gasteiger partial charge is 0.480 e. The summed E-state index contributed by atoms with van der Waals surface area (Å²) in [6.07, 6.45) is 4.70. The van der Waals surface area contributed by atoms with E-state index in [4.69, 9.17) is 0 Å². The van der Waals surface area contributed by atoms with E-state index in [9.17, 15) is 14.7 Å². The summed E-state index contributed by atoms with van der Waals surface area (Å²) in [5.41, 5.74) is -1.26. The van der Waals surface area contributed by atoms with E-state index in [0.29, 0.717) is 12.8 Å². The summed E-state index contributed by atoms with van der Waals surface area (Å²) in [5.74, 6) is -0.954. The number of carboxylic acid groups (broad SMARTS) is 1. The zero-order valence-electron chi connectivity index (χ0n) is 9.01. The highest BCUT2D eigenvalue weighted by molar-refractivity contribution is 5.91. The molecule has 4 heteroatoms. The van der Waals surface area contributed by atoms with E-state index in [-0.39, 0.29) is 11.3 Å². The number of carboxylic acids is 1. The van der Waals surface area contributed by atoms with E-state index in [1.165, 1.54) is 0 Å². The molecule has 0 unspecified atom stereocenters. The van der Waals surface area contributed by atoms with Gasteiger partial charge in [0.15, 0.2) is 0 Å². The van der Waals surface area contributed by atoms with Crippen LogP contribution >= 0.6 is 0 Å². The highest BCUT2D eigenvalue weighted by Crippen LogP contribution is 2.46. The minimum absolute atomic E-state index is 0.0770. The molecule has 0 atom stereocenters. The number of nitrogens with one attached hydrogen (secondary N) is 1. The van der Waals surface area contributed by atoms with Gasteiger partial charge in [-0.1, -0.05) is 19.8 Å². The van der Waals surface area contributed by atoms with Crippen molar-refractivity contribution in [3.05, 3.63) is 0 Å². The lowest BCUT2D eigenvalue weighted by atomic mass is 9.96. The second-order valence-corrected chi connectivity index (χ2v) is 5.11. The van der Waals surface area contributed by atoms with Gasteiger partial charge in [-0.15, -0.1) is 0 Å². The van der Waals surface area contributed by atoms with Crippen molar-refractivity contribution in [1.29, 1.82) is 0 Å². The van der Waals surface area contributed by atoms with Crippen LogP contribution in [0, 0.1) is 5.41 Å². The van der Waals surface area contributed by atoms with Crippen molar-refractivity contribution < 1.29 is 14.7 Å². The van der Waals surface area contributed by atoms with Crippen LogP contribution in [-0.4, -0.2) is 22.5 Å². The number of hydrogen-bond acceptors (Lipinski definition) is 2. The lowest BCUT2D eigenvalue weighted by molar-refractivity contribution is -0.148. The highest BCUT2D eigenvalue weighted by Gasteiger charge is 2.50. The van der Waals surface area contributed by atoms with Crippen molar-refractivity contribution in [2.45, 2.75) is 51.0 Å². The Kier molecular flexibility index (Phi) is 2.24. The van der Waals surface area contributed by atoms with Gasteiger partial charge in [0, 0.05) is 5.41 Å². The third-order valence-electron chi connectivity index (χ3n) is 3.77. The summed E-state index contributed by atoms with van der Waals surface area (Å²) in [4.78, 5) is 23.0. The number of carbonyl (C=O) groups is 2. The van der Waals surface area contributed by atoms with Crippen LogP contribution in [0.5, 0.6) is 0 Å². The number of hydrogen-bond donors (Lipinski definition) is 2. The van der Waals surface area contributed by atoms with Crippen LogP contribution in [0.15, 0.2) is 0 Å². The fourth-order valence-electron chi connectivity index (χ4n) is 2.15. The number of amides is 1. The van der Waals surface area contributed by atoms with E-state index in [2.05, 4.69) is 5.32 Å². The molecule has 0 bridgehead atoms. The maximum Gasteiger partial charge on any atom is 0.329 e. The van der Waals surface area contributed by atoms with Gasteiger partial charge in [0.2, 0.25) is 5.91 Å². The standard InChI is InChI=1S/C11H17NO3/c1-10(6-7-10)8(13)12-11(9(14)15)4-2-3-5-11/h2-7H2,1H3,(H,12,13)(H,14,15).